The Hall–Kier alpha value is -4.33. The number of aryl methyl sites for hydroxylation is 2. The van der Waals surface area contributed by atoms with Gasteiger partial charge in [-0.15, -0.1) is 0 Å². The molecule has 0 spiro atoms. The SMILES string of the molecule is COc1ccccc1CNC(=O)[C@@H]1CC(=O)N(c2ccc(OCC(=O)Nc3cc(C)ccc3C)cc2)C1. The largest absolute Gasteiger partial charge is 0.496 e. The van der Waals surface area contributed by atoms with Crippen LogP contribution in [0, 0.1) is 19.8 Å². The third kappa shape index (κ3) is 6.46. The van der Waals surface area contributed by atoms with Crippen LogP contribution in [0.1, 0.15) is 23.1 Å². The fraction of sp³-hybridized carbons (Fsp3) is 0.276. The lowest BCUT2D eigenvalue weighted by Crippen LogP contribution is -2.32. The van der Waals surface area contributed by atoms with Crippen LogP contribution < -0.4 is 25.0 Å². The van der Waals surface area contributed by atoms with Crippen molar-refractivity contribution in [1.29, 1.82) is 0 Å². The summed E-state index contributed by atoms with van der Waals surface area (Å²) in [6.45, 7) is 4.40. The maximum atomic E-state index is 12.7. The number of rotatable bonds is 9. The standard InChI is InChI=1S/C29H31N3O5/c1-19-8-9-20(2)25(14-19)31-27(33)18-37-24-12-10-23(11-13-24)32-17-22(15-28(32)34)29(35)30-16-21-6-4-5-7-26(21)36-3/h4-14,22H,15-18H2,1-3H3,(H,30,35)(H,31,33)/t22-/m1/s1. The number of nitrogens with one attached hydrogen (secondary N) is 2. The summed E-state index contributed by atoms with van der Waals surface area (Å²) in [5.74, 6) is 0.242. The molecule has 1 saturated heterocycles. The lowest BCUT2D eigenvalue weighted by molar-refractivity contribution is -0.126. The number of benzene rings is 3. The van der Waals surface area contributed by atoms with Crippen molar-refractivity contribution in [2.45, 2.75) is 26.8 Å². The first-order valence-electron chi connectivity index (χ1n) is 12.1. The maximum absolute atomic E-state index is 12.7. The quantitative estimate of drug-likeness (QED) is 0.462. The van der Waals surface area contributed by atoms with E-state index in [1.165, 1.54) is 0 Å². The Balaban J connectivity index is 1.28. The van der Waals surface area contributed by atoms with Crippen molar-refractivity contribution in [3.8, 4) is 11.5 Å². The molecular formula is C29H31N3O5. The molecule has 0 radical (unpaired) electrons. The molecule has 4 rings (SSSR count). The molecule has 8 nitrogen and oxygen atoms in total. The molecule has 192 valence electrons. The van der Waals surface area contributed by atoms with Crippen molar-refractivity contribution in [3.05, 3.63) is 83.4 Å². The number of methoxy groups -OCH3 is 1. The van der Waals surface area contributed by atoms with Gasteiger partial charge in [0.1, 0.15) is 11.5 Å². The van der Waals surface area contributed by atoms with E-state index in [0.717, 1.165) is 22.4 Å². The molecule has 0 saturated carbocycles. The monoisotopic (exact) mass is 501 g/mol. The van der Waals surface area contributed by atoms with Crippen molar-refractivity contribution in [2.75, 3.05) is 30.5 Å². The molecule has 1 heterocycles. The van der Waals surface area contributed by atoms with Gasteiger partial charge in [0.2, 0.25) is 11.8 Å². The molecule has 0 bridgehead atoms. The molecule has 1 fully saturated rings. The van der Waals surface area contributed by atoms with E-state index >= 15 is 0 Å². The number of anilines is 2. The normalized spacial score (nSPS) is 14.8. The van der Waals surface area contributed by atoms with Crippen LogP contribution in [0.25, 0.3) is 0 Å². The van der Waals surface area contributed by atoms with E-state index < -0.39 is 5.92 Å². The third-order valence-corrected chi connectivity index (χ3v) is 6.33. The number of carbonyl (C=O) groups excluding carboxylic acids is 3. The highest BCUT2D eigenvalue weighted by Gasteiger charge is 2.35. The van der Waals surface area contributed by atoms with Crippen LogP contribution in [-0.2, 0) is 20.9 Å². The van der Waals surface area contributed by atoms with Crippen LogP contribution in [0.15, 0.2) is 66.7 Å². The van der Waals surface area contributed by atoms with E-state index in [9.17, 15) is 14.4 Å². The van der Waals surface area contributed by atoms with E-state index in [1.54, 1.807) is 36.3 Å². The second-order valence-corrected chi connectivity index (χ2v) is 9.08. The Kier molecular flexibility index (Phi) is 8.08. The van der Waals surface area contributed by atoms with Crippen LogP contribution in [0.2, 0.25) is 0 Å². The van der Waals surface area contributed by atoms with Crippen molar-refractivity contribution < 1.29 is 23.9 Å². The van der Waals surface area contributed by atoms with E-state index in [0.29, 0.717) is 30.3 Å². The van der Waals surface area contributed by atoms with Crippen LogP contribution in [0.4, 0.5) is 11.4 Å². The minimum Gasteiger partial charge on any atom is -0.496 e. The Bertz CT molecular complexity index is 1290. The zero-order valence-corrected chi connectivity index (χ0v) is 21.2. The molecule has 37 heavy (non-hydrogen) atoms. The number of ether oxygens (including phenoxy) is 2. The van der Waals surface area contributed by atoms with Gasteiger partial charge >= 0.3 is 0 Å². The zero-order valence-electron chi connectivity index (χ0n) is 21.2. The van der Waals surface area contributed by atoms with Crippen molar-refractivity contribution in [3.63, 3.8) is 0 Å². The summed E-state index contributed by atoms with van der Waals surface area (Å²) < 4.78 is 10.9. The summed E-state index contributed by atoms with van der Waals surface area (Å²) in [4.78, 5) is 39.3. The van der Waals surface area contributed by atoms with E-state index in [2.05, 4.69) is 10.6 Å². The molecule has 0 aromatic heterocycles. The fourth-order valence-corrected chi connectivity index (χ4v) is 4.24. The average molecular weight is 502 g/mol. The molecule has 2 N–H and O–H groups in total. The van der Waals surface area contributed by atoms with Gasteiger partial charge in [-0.2, -0.15) is 0 Å². The first-order chi connectivity index (χ1) is 17.8. The molecule has 0 aliphatic carbocycles. The smallest absolute Gasteiger partial charge is 0.262 e. The highest BCUT2D eigenvalue weighted by Crippen LogP contribution is 2.27. The first kappa shape index (κ1) is 25.8. The number of amides is 3. The molecule has 1 atom stereocenters. The Labute approximate surface area is 216 Å². The predicted octanol–water partition coefficient (Wildman–Crippen LogP) is 4.00. The van der Waals surface area contributed by atoms with Gasteiger partial charge in [0.05, 0.1) is 13.0 Å². The lowest BCUT2D eigenvalue weighted by atomic mass is 10.1. The van der Waals surface area contributed by atoms with E-state index in [-0.39, 0.29) is 30.7 Å². The van der Waals surface area contributed by atoms with Crippen LogP contribution in [0.5, 0.6) is 11.5 Å². The summed E-state index contributed by atoms with van der Waals surface area (Å²) >= 11 is 0. The highest BCUT2D eigenvalue weighted by atomic mass is 16.5. The number of carbonyl (C=O) groups is 3. The summed E-state index contributed by atoms with van der Waals surface area (Å²) in [7, 11) is 1.59. The predicted molar refractivity (Wildman–Crippen MR) is 142 cm³/mol. The molecule has 8 heteroatoms. The van der Waals surface area contributed by atoms with Gasteiger partial charge in [-0.1, -0.05) is 30.3 Å². The van der Waals surface area contributed by atoms with Crippen molar-refractivity contribution in [2.24, 2.45) is 5.92 Å². The van der Waals surface area contributed by atoms with Crippen LogP contribution in [-0.4, -0.2) is 38.0 Å². The van der Waals surface area contributed by atoms with Gasteiger partial charge in [-0.25, -0.2) is 0 Å². The summed E-state index contributed by atoms with van der Waals surface area (Å²) in [6, 6.07) is 20.3. The van der Waals surface area contributed by atoms with Crippen LogP contribution in [0.3, 0.4) is 0 Å². The number of hydrogen-bond donors (Lipinski definition) is 2. The van der Waals surface area contributed by atoms with E-state index in [4.69, 9.17) is 9.47 Å². The minimum atomic E-state index is -0.438. The summed E-state index contributed by atoms with van der Waals surface area (Å²) in [6.07, 6.45) is 0.147. The molecule has 1 aliphatic rings. The second kappa shape index (κ2) is 11.6. The molecule has 3 aromatic carbocycles. The lowest BCUT2D eigenvalue weighted by Gasteiger charge is -2.17. The number of hydrogen-bond acceptors (Lipinski definition) is 5. The second-order valence-electron chi connectivity index (χ2n) is 9.08. The fourth-order valence-electron chi connectivity index (χ4n) is 4.24. The van der Waals surface area contributed by atoms with Gasteiger partial charge in [0, 0.05) is 36.4 Å². The highest BCUT2D eigenvalue weighted by molar-refractivity contribution is 6.00. The summed E-state index contributed by atoms with van der Waals surface area (Å²) in [5, 5.41) is 5.78. The number of nitrogens with zero attached hydrogens (tertiary/aromatic N) is 1. The molecule has 3 aromatic rings. The van der Waals surface area contributed by atoms with Crippen LogP contribution >= 0.6 is 0 Å². The average Bonchev–Trinajstić information content (AvgIpc) is 3.30. The zero-order chi connectivity index (χ0) is 26.4. The van der Waals surface area contributed by atoms with Crippen molar-refractivity contribution >= 4 is 29.1 Å². The Morgan fingerprint density at radius 2 is 1.78 bits per heavy atom. The van der Waals surface area contributed by atoms with Gasteiger partial charge in [0.15, 0.2) is 6.61 Å². The van der Waals surface area contributed by atoms with Gasteiger partial charge in [0.25, 0.3) is 5.91 Å². The van der Waals surface area contributed by atoms with Gasteiger partial charge < -0.3 is 25.0 Å². The maximum Gasteiger partial charge on any atom is 0.262 e. The Morgan fingerprint density at radius 1 is 1.03 bits per heavy atom. The topological polar surface area (TPSA) is 97.0 Å². The summed E-state index contributed by atoms with van der Waals surface area (Å²) in [5.41, 5.74) is 4.35. The van der Waals surface area contributed by atoms with Crippen molar-refractivity contribution in [1.82, 2.24) is 5.32 Å². The molecule has 0 unspecified atom stereocenters. The van der Waals surface area contributed by atoms with Gasteiger partial charge in [-0.3, -0.25) is 14.4 Å². The first-order valence-corrected chi connectivity index (χ1v) is 12.1. The third-order valence-electron chi connectivity index (χ3n) is 6.33. The molecule has 3 amide bonds. The van der Waals surface area contributed by atoms with E-state index in [1.807, 2.05) is 56.3 Å². The molecule has 1 aliphatic heterocycles. The van der Waals surface area contributed by atoms with Gasteiger partial charge in [-0.05, 0) is 61.4 Å². The molecular weight excluding hydrogens is 470 g/mol. The Morgan fingerprint density at radius 3 is 2.54 bits per heavy atom. The number of para-hydroxylation sites is 1. The minimum absolute atomic E-state index is 0.112.